The number of nitrogens with one attached hydrogen (secondary N) is 2. The average Bonchev–Trinajstić information content (AvgIpc) is 2.44. The van der Waals surface area contributed by atoms with Crippen LogP contribution in [0.5, 0.6) is 0 Å². The summed E-state index contributed by atoms with van der Waals surface area (Å²) in [4.78, 5) is 24.2. The molecule has 0 aromatic heterocycles. The van der Waals surface area contributed by atoms with Gasteiger partial charge in [-0.2, -0.15) is 0 Å². The van der Waals surface area contributed by atoms with Crippen molar-refractivity contribution in [2.24, 2.45) is 5.92 Å². The van der Waals surface area contributed by atoms with Crippen molar-refractivity contribution in [2.45, 2.75) is 39.7 Å². The maximum atomic E-state index is 12.1. The van der Waals surface area contributed by atoms with E-state index in [1.807, 2.05) is 39.0 Å². The molecule has 4 heteroatoms. The number of amides is 2. The van der Waals surface area contributed by atoms with Gasteiger partial charge in [-0.3, -0.25) is 9.59 Å². The highest BCUT2D eigenvalue weighted by Crippen LogP contribution is 2.07. The third kappa shape index (κ3) is 5.43. The predicted molar refractivity (Wildman–Crippen MR) is 80.5 cm³/mol. The molecule has 1 aromatic carbocycles. The van der Waals surface area contributed by atoms with Gasteiger partial charge in [-0.05, 0) is 30.9 Å². The maximum absolute atomic E-state index is 12.1. The van der Waals surface area contributed by atoms with Crippen LogP contribution in [0.1, 0.15) is 44.0 Å². The molecule has 0 bridgehead atoms. The number of carbonyl (C=O) groups excluding carboxylic acids is 2. The van der Waals surface area contributed by atoms with E-state index in [0.717, 1.165) is 6.42 Å². The minimum Gasteiger partial charge on any atom is -0.354 e. The highest BCUT2D eigenvalue weighted by Gasteiger charge is 2.21. The average molecular weight is 276 g/mol. The molecule has 4 nitrogen and oxygen atoms in total. The van der Waals surface area contributed by atoms with Crippen molar-refractivity contribution in [1.82, 2.24) is 10.6 Å². The second kappa shape index (κ2) is 8.35. The number of hydrogen-bond donors (Lipinski definition) is 2. The number of benzene rings is 1. The smallest absolute Gasteiger partial charge is 0.251 e. The van der Waals surface area contributed by atoms with E-state index in [1.165, 1.54) is 0 Å². The van der Waals surface area contributed by atoms with Crippen LogP contribution in [0.15, 0.2) is 30.3 Å². The number of rotatable bonds is 7. The lowest BCUT2D eigenvalue weighted by atomic mass is 10.0. The molecule has 1 aromatic rings. The first-order valence-electron chi connectivity index (χ1n) is 7.18. The second-order valence-corrected chi connectivity index (χ2v) is 5.31. The van der Waals surface area contributed by atoms with Crippen molar-refractivity contribution in [3.63, 3.8) is 0 Å². The van der Waals surface area contributed by atoms with E-state index in [-0.39, 0.29) is 11.8 Å². The fraction of sp³-hybridized carbons (Fsp3) is 0.500. The van der Waals surface area contributed by atoms with Gasteiger partial charge in [0.25, 0.3) is 5.91 Å². The maximum Gasteiger partial charge on any atom is 0.251 e. The second-order valence-electron chi connectivity index (χ2n) is 5.31. The van der Waals surface area contributed by atoms with Crippen LogP contribution in [0.4, 0.5) is 0 Å². The standard InChI is InChI=1S/C16H24N2O2/c1-4-10-17-16(20)14(11-12(2)3)18-15(19)13-8-6-5-7-9-13/h5-9,12,14H,4,10-11H2,1-3H3,(H,17,20)(H,18,19). The summed E-state index contributed by atoms with van der Waals surface area (Å²) in [5, 5.41) is 5.66. The minimum absolute atomic E-state index is 0.107. The van der Waals surface area contributed by atoms with E-state index in [2.05, 4.69) is 10.6 Å². The van der Waals surface area contributed by atoms with Gasteiger partial charge in [-0.15, -0.1) is 0 Å². The normalized spacial score (nSPS) is 12.0. The van der Waals surface area contributed by atoms with Crippen LogP contribution in [-0.2, 0) is 4.79 Å². The summed E-state index contributed by atoms with van der Waals surface area (Å²) in [6.07, 6.45) is 1.51. The van der Waals surface area contributed by atoms with Gasteiger partial charge >= 0.3 is 0 Å². The lowest BCUT2D eigenvalue weighted by Crippen LogP contribution is -2.47. The van der Waals surface area contributed by atoms with Crippen molar-refractivity contribution in [1.29, 1.82) is 0 Å². The molecular formula is C16H24N2O2. The first-order chi connectivity index (χ1) is 9.54. The minimum atomic E-state index is -0.478. The molecule has 0 aliphatic carbocycles. The SMILES string of the molecule is CCCNC(=O)C(CC(C)C)NC(=O)c1ccccc1. The molecule has 0 spiro atoms. The van der Waals surface area contributed by atoms with Crippen LogP contribution in [0.2, 0.25) is 0 Å². The summed E-state index contributed by atoms with van der Waals surface area (Å²) in [6.45, 7) is 6.71. The molecule has 0 radical (unpaired) electrons. The molecule has 20 heavy (non-hydrogen) atoms. The van der Waals surface area contributed by atoms with Crippen molar-refractivity contribution >= 4 is 11.8 Å². The van der Waals surface area contributed by atoms with Gasteiger partial charge < -0.3 is 10.6 Å². The fourth-order valence-corrected chi connectivity index (χ4v) is 1.91. The Balaban J connectivity index is 2.69. The third-order valence-corrected chi connectivity index (χ3v) is 2.91. The number of carbonyl (C=O) groups is 2. The van der Waals surface area contributed by atoms with Gasteiger partial charge in [-0.25, -0.2) is 0 Å². The van der Waals surface area contributed by atoms with E-state index in [9.17, 15) is 9.59 Å². The van der Waals surface area contributed by atoms with Gasteiger partial charge in [-0.1, -0.05) is 39.0 Å². The summed E-state index contributed by atoms with van der Waals surface area (Å²) in [7, 11) is 0. The highest BCUT2D eigenvalue weighted by atomic mass is 16.2. The topological polar surface area (TPSA) is 58.2 Å². The molecule has 1 atom stereocenters. The third-order valence-electron chi connectivity index (χ3n) is 2.91. The lowest BCUT2D eigenvalue weighted by molar-refractivity contribution is -0.123. The van der Waals surface area contributed by atoms with Crippen LogP contribution in [0, 0.1) is 5.92 Å². The van der Waals surface area contributed by atoms with Crippen molar-refractivity contribution in [3.8, 4) is 0 Å². The molecule has 2 amide bonds. The van der Waals surface area contributed by atoms with Crippen LogP contribution in [0.3, 0.4) is 0 Å². The van der Waals surface area contributed by atoms with Gasteiger partial charge in [0.2, 0.25) is 5.91 Å². The van der Waals surface area contributed by atoms with Crippen molar-refractivity contribution < 1.29 is 9.59 Å². The molecule has 0 fully saturated rings. The van der Waals surface area contributed by atoms with E-state index >= 15 is 0 Å². The molecule has 0 heterocycles. The Labute approximate surface area is 121 Å². The molecule has 0 saturated carbocycles. The molecule has 1 unspecified atom stereocenters. The van der Waals surface area contributed by atoms with Gasteiger partial charge in [0.1, 0.15) is 6.04 Å². The Morgan fingerprint density at radius 3 is 2.35 bits per heavy atom. The first-order valence-corrected chi connectivity index (χ1v) is 7.18. The van der Waals surface area contributed by atoms with E-state index in [1.54, 1.807) is 12.1 Å². The van der Waals surface area contributed by atoms with Crippen LogP contribution < -0.4 is 10.6 Å². The molecule has 2 N–H and O–H groups in total. The Kier molecular flexibility index (Phi) is 6.77. The van der Waals surface area contributed by atoms with Crippen LogP contribution in [-0.4, -0.2) is 24.4 Å². The summed E-state index contributed by atoms with van der Waals surface area (Å²) >= 11 is 0. The molecular weight excluding hydrogens is 252 g/mol. The largest absolute Gasteiger partial charge is 0.354 e. The summed E-state index contributed by atoms with van der Waals surface area (Å²) in [5.41, 5.74) is 0.574. The Hall–Kier alpha value is -1.84. The zero-order valence-corrected chi connectivity index (χ0v) is 12.5. The van der Waals surface area contributed by atoms with Crippen molar-refractivity contribution in [2.75, 3.05) is 6.54 Å². The molecule has 0 aliphatic rings. The fourth-order valence-electron chi connectivity index (χ4n) is 1.91. The zero-order chi connectivity index (χ0) is 15.0. The quantitative estimate of drug-likeness (QED) is 0.803. The van der Waals surface area contributed by atoms with E-state index < -0.39 is 6.04 Å². The van der Waals surface area contributed by atoms with Crippen molar-refractivity contribution in [3.05, 3.63) is 35.9 Å². The summed E-state index contributed by atoms with van der Waals surface area (Å²) in [5.74, 6) is 0.0242. The van der Waals surface area contributed by atoms with Gasteiger partial charge in [0.15, 0.2) is 0 Å². The lowest BCUT2D eigenvalue weighted by Gasteiger charge is -2.20. The monoisotopic (exact) mass is 276 g/mol. The molecule has 0 aliphatic heterocycles. The Morgan fingerprint density at radius 2 is 1.80 bits per heavy atom. The van der Waals surface area contributed by atoms with E-state index in [0.29, 0.717) is 24.4 Å². The van der Waals surface area contributed by atoms with Crippen LogP contribution >= 0.6 is 0 Å². The van der Waals surface area contributed by atoms with Gasteiger partial charge in [0.05, 0.1) is 0 Å². The highest BCUT2D eigenvalue weighted by molar-refractivity contribution is 5.97. The van der Waals surface area contributed by atoms with E-state index in [4.69, 9.17) is 0 Å². The number of hydrogen-bond acceptors (Lipinski definition) is 2. The summed E-state index contributed by atoms with van der Waals surface area (Å²) in [6, 6.07) is 8.48. The summed E-state index contributed by atoms with van der Waals surface area (Å²) < 4.78 is 0. The molecule has 110 valence electrons. The Morgan fingerprint density at radius 1 is 1.15 bits per heavy atom. The van der Waals surface area contributed by atoms with Crippen LogP contribution in [0.25, 0.3) is 0 Å². The predicted octanol–water partition coefficient (Wildman–Crippen LogP) is 2.36. The molecule has 1 rings (SSSR count). The first kappa shape index (κ1) is 16.2. The zero-order valence-electron chi connectivity index (χ0n) is 12.5. The Bertz CT molecular complexity index is 429. The van der Waals surface area contributed by atoms with Gasteiger partial charge in [0, 0.05) is 12.1 Å². The molecule has 0 saturated heterocycles.